The second-order valence-corrected chi connectivity index (χ2v) is 9.31. The standard InChI is InChI=1S/C22H28BrN3O4/c1-22(2,3)30-21(29)25-12-10-24(11-13-25)14-17-8-9-26(20(28)19(17)27)15-16-6-4-5-7-18(16)23/h4-9,27H,10-15H2,1-3H3. The van der Waals surface area contributed by atoms with Crippen molar-refractivity contribution in [2.24, 2.45) is 0 Å². The summed E-state index contributed by atoms with van der Waals surface area (Å²) in [5.74, 6) is -0.223. The Morgan fingerprint density at radius 2 is 1.73 bits per heavy atom. The maximum atomic E-state index is 12.6. The van der Waals surface area contributed by atoms with Gasteiger partial charge in [-0.15, -0.1) is 0 Å². The van der Waals surface area contributed by atoms with Crippen LogP contribution in [0.3, 0.4) is 0 Å². The van der Waals surface area contributed by atoms with Crippen molar-refractivity contribution in [1.82, 2.24) is 14.4 Å². The molecule has 1 aliphatic rings. The zero-order valence-corrected chi connectivity index (χ0v) is 19.2. The highest BCUT2D eigenvalue weighted by Crippen LogP contribution is 2.19. The second kappa shape index (κ2) is 9.22. The van der Waals surface area contributed by atoms with Gasteiger partial charge in [0.2, 0.25) is 0 Å². The monoisotopic (exact) mass is 477 g/mol. The number of pyridine rings is 1. The molecule has 0 saturated carbocycles. The molecule has 1 aliphatic heterocycles. The van der Waals surface area contributed by atoms with Crippen molar-refractivity contribution >= 4 is 22.0 Å². The van der Waals surface area contributed by atoms with E-state index >= 15 is 0 Å². The van der Waals surface area contributed by atoms with Crippen molar-refractivity contribution in [3.8, 4) is 5.75 Å². The van der Waals surface area contributed by atoms with Crippen LogP contribution in [0.4, 0.5) is 4.79 Å². The van der Waals surface area contributed by atoms with E-state index in [1.54, 1.807) is 17.2 Å². The van der Waals surface area contributed by atoms with Gasteiger partial charge < -0.3 is 19.3 Å². The summed E-state index contributed by atoms with van der Waals surface area (Å²) >= 11 is 3.49. The van der Waals surface area contributed by atoms with E-state index in [0.29, 0.717) is 44.8 Å². The van der Waals surface area contributed by atoms with Crippen molar-refractivity contribution in [2.45, 2.75) is 39.5 Å². The number of aromatic hydroxyl groups is 1. The van der Waals surface area contributed by atoms with E-state index in [2.05, 4.69) is 20.8 Å². The Labute approximate surface area is 185 Å². The van der Waals surface area contributed by atoms with Crippen LogP contribution in [0.5, 0.6) is 5.75 Å². The molecule has 1 fully saturated rings. The fourth-order valence-corrected chi connectivity index (χ4v) is 3.73. The molecule has 2 heterocycles. The second-order valence-electron chi connectivity index (χ2n) is 8.46. The summed E-state index contributed by atoms with van der Waals surface area (Å²) in [5.41, 5.74) is 0.633. The summed E-state index contributed by atoms with van der Waals surface area (Å²) in [6, 6.07) is 9.47. The molecule has 1 amide bonds. The average Bonchev–Trinajstić information content (AvgIpc) is 2.68. The number of hydrogen-bond donors (Lipinski definition) is 1. The van der Waals surface area contributed by atoms with Gasteiger partial charge in [0.05, 0.1) is 6.54 Å². The number of piperazine rings is 1. The van der Waals surface area contributed by atoms with E-state index in [-0.39, 0.29) is 11.8 Å². The third-order valence-electron chi connectivity index (χ3n) is 4.94. The number of nitrogens with zero attached hydrogens (tertiary/aromatic N) is 3. The van der Waals surface area contributed by atoms with E-state index in [4.69, 9.17) is 4.74 Å². The molecular weight excluding hydrogens is 450 g/mol. The zero-order chi connectivity index (χ0) is 21.9. The highest BCUT2D eigenvalue weighted by Gasteiger charge is 2.26. The molecule has 1 aromatic carbocycles. The van der Waals surface area contributed by atoms with Gasteiger partial charge in [0.25, 0.3) is 5.56 Å². The first-order valence-electron chi connectivity index (χ1n) is 9.99. The molecule has 30 heavy (non-hydrogen) atoms. The average molecular weight is 478 g/mol. The minimum absolute atomic E-state index is 0.223. The van der Waals surface area contributed by atoms with Crippen LogP contribution < -0.4 is 5.56 Å². The van der Waals surface area contributed by atoms with Crippen LogP contribution in [0.25, 0.3) is 0 Å². The maximum Gasteiger partial charge on any atom is 0.410 e. The number of aromatic nitrogens is 1. The molecule has 0 spiro atoms. The van der Waals surface area contributed by atoms with Crippen molar-refractivity contribution < 1.29 is 14.6 Å². The lowest BCUT2D eigenvalue weighted by Gasteiger charge is -2.35. The molecule has 1 N–H and O–H groups in total. The SMILES string of the molecule is CC(C)(C)OC(=O)N1CCN(Cc2ccn(Cc3ccccc3Br)c(=O)c2O)CC1. The van der Waals surface area contributed by atoms with Gasteiger partial charge in [-0.25, -0.2) is 4.79 Å². The third kappa shape index (κ3) is 5.64. The smallest absolute Gasteiger partial charge is 0.410 e. The fourth-order valence-electron chi connectivity index (χ4n) is 3.32. The van der Waals surface area contributed by atoms with Crippen LogP contribution in [0.15, 0.2) is 45.8 Å². The molecule has 8 heteroatoms. The lowest BCUT2D eigenvalue weighted by Crippen LogP contribution is -2.49. The van der Waals surface area contributed by atoms with E-state index in [9.17, 15) is 14.7 Å². The normalized spacial score (nSPS) is 15.3. The number of amides is 1. The molecule has 0 radical (unpaired) electrons. The zero-order valence-electron chi connectivity index (χ0n) is 17.6. The molecule has 2 aromatic rings. The lowest BCUT2D eigenvalue weighted by atomic mass is 10.2. The van der Waals surface area contributed by atoms with Gasteiger partial charge in [0, 0.05) is 49.0 Å². The predicted molar refractivity (Wildman–Crippen MR) is 119 cm³/mol. The predicted octanol–water partition coefficient (Wildman–Crippen LogP) is 3.42. The Bertz CT molecular complexity index is 960. The number of hydrogen-bond acceptors (Lipinski definition) is 5. The van der Waals surface area contributed by atoms with Gasteiger partial charge in [-0.2, -0.15) is 0 Å². The summed E-state index contributed by atoms with van der Waals surface area (Å²) in [4.78, 5) is 28.6. The lowest BCUT2D eigenvalue weighted by molar-refractivity contribution is 0.0138. The number of rotatable bonds is 4. The minimum atomic E-state index is -0.515. The number of halogens is 1. The van der Waals surface area contributed by atoms with E-state index in [1.807, 2.05) is 45.0 Å². The molecule has 0 atom stereocenters. The first kappa shape index (κ1) is 22.4. The van der Waals surface area contributed by atoms with E-state index in [1.165, 1.54) is 4.57 Å². The van der Waals surface area contributed by atoms with Crippen molar-refractivity contribution in [1.29, 1.82) is 0 Å². The molecule has 0 bridgehead atoms. The summed E-state index contributed by atoms with van der Waals surface area (Å²) in [6.45, 7) is 8.79. The summed E-state index contributed by atoms with van der Waals surface area (Å²) in [5, 5.41) is 10.5. The van der Waals surface area contributed by atoms with Gasteiger partial charge >= 0.3 is 6.09 Å². The van der Waals surface area contributed by atoms with Crippen LogP contribution in [0, 0.1) is 0 Å². The Hall–Kier alpha value is -2.32. The van der Waals surface area contributed by atoms with Crippen molar-refractivity contribution in [3.05, 3.63) is 62.5 Å². The quantitative estimate of drug-likeness (QED) is 0.729. The molecule has 3 rings (SSSR count). The highest BCUT2D eigenvalue weighted by molar-refractivity contribution is 9.10. The molecule has 0 aliphatic carbocycles. The van der Waals surface area contributed by atoms with E-state index < -0.39 is 11.2 Å². The maximum absolute atomic E-state index is 12.6. The topological polar surface area (TPSA) is 75.0 Å². The Morgan fingerprint density at radius 3 is 2.37 bits per heavy atom. The number of benzene rings is 1. The summed E-state index contributed by atoms with van der Waals surface area (Å²) in [7, 11) is 0. The number of ether oxygens (including phenoxy) is 1. The van der Waals surface area contributed by atoms with Gasteiger partial charge in [-0.3, -0.25) is 9.69 Å². The van der Waals surface area contributed by atoms with Crippen LogP contribution >= 0.6 is 15.9 Å². The van der Waals surface area contributed by atoms with Gasteiger partial charge in [-0.05, 0) is 38.5 Å². The first-order valence-corrected chi connectivity index (χ1v) is 10.8. The molecule has 0 unspecified atom stereocenters. The fraction of sp³-hybridized carbons (Fsp3) is 0.455. The molecule has 1 saturated heterocycles. The Morgan fingerprint density at radius 1 is 1.07 bits per heavy atom. The van der Waals surface area contributed by atoms with Gasteiger partial charge in [0.1, 0.15) is 5.60 Å². The van der Waals surface area contributed by atoms with Gasteiger partial charge in [-0.1, -0.05) is 34.1 Å². The molecule has 1 aromatic heterocycles. The van der Waals surface area contributed by atoms with Gasteiger partial charge in [0.15, 0.2) is 5.75 Å². The largest absolute Gasteiger partial charge is 0.503 e. The van der Waals surface area contributed by atoms with Crippen LogP contribution in [0.1, 0.15) is 31.9 Å². The van der Waals surface area contributed by atoms with Crippen LogP contribution in [0.2, 0.25) is 0 Å². The Balaban J connectivity index is 1.62. The molecular formula is C22H28BrN3O4. The Kier molecular flexibility index (Phi) is 6.88. The number of carbonyl (C=O) groups excluding carboxylic acids is 1. The van der Waals surface area contributed by atoms with Crippen molar-refractivity contribution in [2.75, 3.05) is 26.2 Å². The summed E-state index contributed by atoms with van der Waals surface area (Å²) in [6.07, 6.45) is 1.41. The summed E-state index contributed by atoms with van der Waals surface area (Å²) < 4.78 is 7.84. The van der Waals surface area contributed by atoms with E-state index in [0.717, 1.165) is 10.0 Å². The van der Waals surface area contributed by atoms with Crippen LogP contribution in [-0.4, -0.2) is 57.3 Å². The molecule has 162 valence electrons. The number of carbonyl (C=O) groups is 1. The first-order chi connectivity index (χ1) is 14.1. The van der Waals surface area contributed by atoms with Crippen LogP contribution in [-0.2, 0) is 17.8 Å². The molecule has 7 nitrogen and oxygen atoms in total. The minimum Gasteiger partial charge on any atom is -0.503 e. The third-order valence-corrected chi connectivity index (χ3v) is 5.71. The highest BCUT2D eigenvalue weighted by atomic mass is 79.9. The van der Waals surface area contributed by atoms with Crippen molar-refractivity contribution in [3.63, 3.8) is 0 Å².